The number of nitrogens with one attached hydrogen (secondary N) is 1. The molecule has 42 heavy (non-hydrogen) atoms. The van der Waals surface area contributed by atoms with Gasteiger partial charge in [-0.15, -0.1) is 11.3 Å². The predicted molar refractivity (Wildman–Crippen MR) is 158 cm³/mol. The van der Waals surface area contributed by atoms with Crippen molar-refractivity contribution in [2.24, 2.45) is 0 Å². The van der Waals surface area contributed by atoms with Crippen LogP contribution in [0.15, 0.2) is 54.6 Å². The van der Waals surface area contributed by atoms with Crippen molar-refractivity contribution in [1.29, 1.82) is 0 Å². The van der Waals surface area contributed by atoms with Crippen LogP contribution in [-0.2, 0) is 33.9 Å². The summed E-state index contributed by atoms with van der Waals surface area (Å²) in [5.41, 5.74) is 2.15. The number of carbonyl (C=O) groups is 2. The van der Waals surface area contributed by atoms with E-state index in [1.807, 2.05) is 26.0 Å². The van der Waals surface area contributed by atoms with Crippen LogP contribution in [0.3, 0.4) is 0 Å². The van der Waals surface area contributed by atoms with Crippen molar-refractivity contribution in [2.45, 2.75) is 39.7 Å². The standard InChI is InChI=1S/C30H25ClFN3O6S/c1-3-19-22(40-41-26(38)14-25(36)37)11-9-20-27-29(34-24(4-2)35-30(27)42-28(19)20)33-18-8-10-23(21(31)13-18)39-15-16-6-5-7-17(32)12-16/h5-13H,3-4,14-15H2,1-2H3,(H,36,37)(H,33,34,35). The fourth-order valence-corrected chi connectivity index (χ4v) is 5.88. The number of ether oxygens (including phenoxy) is 1. The molecule has 0 aliphatic carbocycles. The summed E-state index contributed by atoms with van der Waals surface area (Å²) in [4.78, 5) is 42.7. The van der Waals surface area contributed by atoms with Crippen molar-refractivity contribution >= 4 is 66.7 Å². The SMILES string of the molecule is CCc1nc(Nc2ccc(OCc3cccc(F)c3)c(Cl)c2)c2c(n1)sc1c(CC)c(OOC(=O)CC(=O)O)ccc12. The quantitative estimate of drug-likeness (QED) is 0.0896. The topological polar surface area (TPSA) is 120 Å². The molecule has 5 aromatic rings. The molecule has 0 saturated carbocycles. The van der Waals surface area contributed by atoms with E-state index in [2.05, 4.69) is 5.32 Å². The zero-order valence-electron chi connectivity index (χ0n) is 22.6. The predicted octanol–water partition coefficient (Wildman–Crippen LogP) is 7.40. The summed E-state index contributed by atoms with van der Waals surface area (Å²) in [7, 11) is 0. The maximum atomic E-state index is 13.5. The molecule has 0 radical (unpaired) electrons. The molecular weight excluding hydrogens is 585 g/mol. The average molecular weight is 610 g/mol. The molecule has 0 atom stereocenters. The lowest BCUT2D eigenvalue weighted by Crippen LogP contribution is -2.13. The minimum absolute atomic E-state index is 0.168. The number of fused-ring (bicyclic) bond motifs is 3. The Balaban J connectivity index is 1.45. The van der Waals surface area contributed by atoms with Crippen LogP contribution < -0.4 is 14.9 Å². The fraction of sp³-hybridized carbons (Fsp3) is 0.200. The Kier molecular flexibility index (Phi) is 8.69. The van der Waals surface area contributed by atoms with Crippen LogP contribution in [0.25, 0.3) is 20.3 Å². The Morgan fingerprint density at radius 1 is 1.05 bits per heavy atom. The van der Waals surface area contributed by atoms with Gasteiger partial charge in [-0.2, -0.15) is 0 Å². The number of carboxylic acids is 1. The van der Waals surface area contributed by atoms with Crippen LogP contribution in [0.4, 0.5) is 15.9 Å². The first-order valence-electron chi connectivity index (χ1n) is 13.0. The molecule has 0 unspecified atom stereocenters. The van der Waals surface area contributed by atoms with Gasteiger partial charge in [-0.3, -0.25) is 9.68 Å². The van der Waals surface area contributed by atoms with Gasteiger partial charge in [0.05, 0.1) is 10.4 Å². The molecule has 12 heteroatoms. The first-order chi connectivity index (χ1) is 20.2. The Morgan fingerprint density at radius 2 is 1.86 bits per heavy atom. The van der Waals surface area contributed by atoms with Crippen LogP contribution in [0.2, 0.25) is 5.02 Å². The van der Waals surface area contributed by atoms with Crippen LogP contribution in [-0.4, -0.2) is 27.0 Å². The number of aryl methyl sites for hydroxylation is 2. The maximum absolute atomic E-state index is 13.5. The highest BCUT2D eigenvalue weighted by Gasteiger charge is 2.20. The van der Waals surface area contributed by atoms with Gasteiger partial charge < -0.3 is 15.2 Å². The van der Waals surface area contributed by atoms with E-state index in [0.717, 1.165) is 25.9 Å². The van der Waals surface area contributed by atoms with Gasteiger partial charge in [0.1, 0.15) is 41.1 Å². The summed E-state index contributed by atoms with van der Waals surface area (Å²) in [5, 5.41) is 14.2. The second kappa shape index (κ2) is 12.6. The molecule has 0 fully saturated rings. The zero-order valence-corrected chi connectivity index (χ0v) is 24.1. The second-order valence-corrected chi connectivity index (χ2v) is 10.6. The third-order valence-corrected chi connectivity index (χ3v) is 7.73. The Morgan fingerprint density at radius 3 is 2.57 bits per heavy atom. The smallest absolute Gasteiger partial charge is 0.366 e. The van der Waals surface area contributed by atoms with E-state index >= 15 is 0 Å². The van der Waals surface area contributed by atoms with Gasteiger partial charge in [0.15, 0.2) is 5.75 Å². The molecule has 5 rings (SSSR count). The number of nitrogens with zero attached hydrogens (tertiary/aromatic N) is 2. The molecule has 0 amide bonds. The molecular formula is C30H25ClFN3O6S. The third kappa shape index (κ3) is 6.37. The monoisotopic (exact) mass is 609 g/mol. The Hall–Kier alpha value is -4.48. The van der Waals surface area contributed by atoms with Gasteiger partial charge in [-0.25, -0.2) is 24.0 Å². The number of carbonyl (C=O) groups excluding carboxylic acids is 1. The van der Waals surface area contributed by atoms with E-state index in [-0.39, 0.29) is 12.4 Å². The summed E-state index contributed by atoms with van der Waals surface area (Å²) in [6.07, 6.45) is 0.363. The normalized spacial score (nSPS) is 11.0. The van der Waals surface area contributed by atoms with Crippen molar-refractivity contribution in [3.63, 3.8) is 0 Å². The molecule has 0 saturated heterocycles. The molecule has 3 aromatic carbocycles. The van der Waals surface area contributed by atoms with E-state index < -0.39 is 18.4 Å². The lowest BCUT2D eigenvalue weighted by molar-refractivity contribution is -0.214. The first kappa shape index (κ1) is 29.0. The first-order valence-corrected chi connectivity index (χ1v) is 14.2. The molecule has 0 aliphatic rings. The molecule has 0 bridgehead atoms. The summed E-state index contributed by atoms with van der Waals surface area (Å²) in [6, 6.07) is 14.9. The van der Waals surface area contributed by atoms with Crippen molar-refractivity contribution in [2.75, 3.05) is 5.32 Å². The lowest BCUT2D eigenvalue weighted by Gasteiger charge is -2.12. The number of aliphatic carboxylic acids is 1. The number of aromatic nitrogens is 2. The van der Waals surface area contributed by atoms with E-state index in [1.54, 1.807) is 30.3 Å². The van der Waals surface area contributed by atoms with Gasteiger partial charge >= 0.3 is 11.9 Å². The van der Waals surface area contributed by atoms with E-state index in [0.29, 0.717) is 52.3 Å². The molecule has 2 heterocycles. The number of hydrogen-bond donors (Lipinski definition) is 2. The van der Waals surface area contributed by atoms with E-state index in [9.17, 15) is 14.0 Å². The largest absolute Gasteiger partial charge is 0.487 e. The molecule has 0 aliphatic heterocycles. The minimum atomic E-state index is -1.31. The number of anilines is 2. The van der Waals surface area contributed by atoms with Crippen molar-refractivity contribution in [1.82, 2.24) is 9.97 Å². The Labute approximate surface area is 248 Å². The van der Waals surface area contributed by atoms with Gasteiger partial charge in [-0.05, 0) is 54.4 Å². The van der Waals surface area contributed by atoms with Crippen LogP contribution >= 0.6 is 22.9 Å². The number of rotatable bonds is 11. The minimum Gasteiger partial charge on any atom is -0.487 e. The summed E-state index contributed by atoms with van der Waals surface area (Å²) in [5.74, 6) is -0.634. The maximum Gasteiger partial charge on any atom is 0.366 e. The van der Waals surface area contributed by atoms with Crippen molar-refractivity contribution < 1.29 is 33.6 Å². The van der Waals surface area contributed by atoms with Crippen LogP contribution in [0, 0.1) is 5.82 Å². The molecule has 0 spiro atoms. The van der Waals surface area contributed by atoms with Gasteiger partial charge in [-0.1, -0.05) is 37.6 Å². The Bertz CT molecular complexity index is 1810. The summed E-state index contributed by atoms with van der Waals surface area (Å²) >= 11 is 7.99. The lowest BCUT2D eigenvalue weighted by atomic mass is 10.1. The van der Waals surface area contributed by atoms with Crippen LogP contribution in [0.5, 0.6) is 11.5 Å². The third-order valence-electron chi connectivity index (χ3n) is 6.28. The highest BCUT2D eigenvalue weighted by atomic mass is 35.5. The van der Waals surface area contributed by atoms with Crippen molar-refractivity contribution in [3.8, 4) is 11.5 Å². The fourth-order valence-electron chi connectivity index (χ4n) is 4.35. The molecule has 9 nitrogen and oxygen atoms in total. The molecule has 2 aromatic heterocycles. The zero-order chi connectivity index (χ0) is 29.8. The number of benzene rings is 3. The van der Waals surface area contributed by atoms with E-state index in [4.69, 9.17) is 41.2 Å². The van der Waals surface area contributed by atoms with Crippen molar-refractivity contribution in [3.05, 3.63) is 82.4 Å². The number of halogens is 2. The van der Waals surface area contributed by atoms with Gasteiger partial charge in [0.25, 0.3) is 0 Å². The van der Waals surface area contributed by atoms with Crippen LogP contribution in [0.1, 0.15) is 37.2 Å². The van der Waals surface area contributed by atoms with E-state index in [1.165, 1.54) is 23.5 Å². The molecule has 216 valence electrons. The molecule has 2 N–H and O–H groups in total. The summed E-state index contributed by atoms with van der Waals surface area (Å²) < 4.78 is 20.2. The number of thiophene rings is 1. The van der Waals surface area contributed by atoms with Gasteiger partial charge in [0, 0.05) is 27.8 Å². The summed E-state index contributed by atoms with van der Waals surface area (Å²) in [6.45, 7) is 4.07. The van der Waals surface area contributed by atoms with Gasteiger partial charge in [0.2, 0.25) is 0 Å². The average Bonchev–Trinajstić information content (AvgIpc) is 3.33. The highest BCUT2D eigenvalue weighted by molar-refractivity contribution is 7.25. The number of hydrogen-bond acceptors (Lipinski definition) is 9. The second-order valence-electron chi connectivity index (χ2n) is 9.19. The number of carboxylic acid groups (broad SMARTS) is 1. The highest BCUT2D eigenvalue weighted by Crippen LogP contribution is 2.42.